The van der Waals surface area contributed by atoms with Gasteiger partial charge in [-0.2, -0.15) is 0 Å². The lowest BCUT2D eigenvalue weighted by Gasteiger charge is -2.30. The van der Waals surface area contributed by atoms with Crippen LogP contribution in [0.2, 0.25) is 0 Å². The molecule has 0 aliphatic carbocycles. The number of fused-ring (bicyclic) bond motifs is 1. The number of piperidine rings is 1. The molecular formula is C15H19N5O3. The van der Waals surface area contributed by atoms with Gasteiger partial charge in [-0.05, 0) is 44.9 Å². The number of hydrogen-bond donors (Lipinski definition) is 4. The molecule has 2 aromatic heterocycles. The molecule has 4 N–H and O–H groups in total. The molecule has 2 unspecified atom stereocenters. The van der Waals surface area contributed by atoms with Gasteiger partial charge in [0.15, 0.2) is 0 Å². The van der Waals surface area contributed by atoms with Gasteiger partial charge in [0.25, 0.3) is 11.5 Å². The number of aromatic nitrogens is 3. The molecule has 1 saturated heterocycles. The Balaban J connectivity index is 1.95. The van der Waals surface area contributed by atoms with Crippen LogP contribution in [0.15, 0.2) is 15.7 Å². The molecule has 122 valence electrons. The summed E-state index contributed by atoms with van der Waals surface area (Å²) in [7, 11) is 0. The molecule has 0 aromatic carbocycles. The third kappa shape index (κ3) is 3.02. The van der Waals surface area contributed by atoms with Crippen LogP contribution in [0.4, 0.5) is 0 Å². The van der Waals surface area contributed by atoms with Crippen LogP contribution in [0.1, 0.15) is 35.8 Å². The van der Waals surface area contributed by atoms with Gasteiger partial charge < -0.3 is 10.6 Å². The van der Waals surface area contributed by atoms with Crippen molar-refractivity contribution in [3.05, 3.63) is 38.2 Å². The third-order valence-corrected chi connectivity index (χ3v) is 4.21. The standard InChI is InChI=1S/C15H19N5O3/c1-7-6-10(13(21)18-9-4-3-5-16-8(9)2)17-12-11(7)14(22)20-15(23)19-12/h6,8-9,16H,3-5H2,1-2H3,(H,18,21)(H2,17,19,20,22,23). The van der Waals surface area contributed by atoms with Crippen LogP contribution in [0.25, 0.3) is 11.0 Å². The fraction of sp³-hybridized carbons (Fsp3) is 0.467. The number of aryl methyl sites for hydroxylation is 1. The van der Waals surface area contributed by atoms with Crippen molar-refractivity contribution in [2.24, 2.45) is 0 Å². The maximum absolute atomic E-state index is 12.4. The average molecular weight is 317 g/mol. The Bertz CT molecular complexity index is 870. The van der Waals surface area contributed by atoms with Crippen molar-refractivity contribution in [1.29, 1.82) is 0 Å². The van der Waals surface area contributed by atoms with E-state index in [0.29, 0.717) is 5.56 Å². The molecule has 0 radical (unpaired) electrons. The predicted octanol–water partition coefficient (Wildman–Crippen LogP) is -0.210. The zero-order valence-electron chi connectivity index (χ0n) is 13.0. The van der Waals surface area contributed by atoms with Crippen LogP contribution in [0.5, 0.6) is 0 Å². The van der Waals surface area contributed by atoms with E-state index in [9.17, 15) is 14.4 Å². The van der Waals surface area contributed by atoms with Crippen molar-refractivity contribution < 1.29 is 4.79 Å². The Morgan fingerprint density at radius 2 is 2.13 bits per heavy atom. The summed E-state index contributed by atoms with van der Waals surface area (Å²) < 4.78 is 0. The van der Waals surface area contributed by atoms with Crippen LogP contribution in [0, 0.1) is 6.92 Å². The molecule has 2 aromatic rings. The molecule has 1 amide bonds. The molecule has 3 rings (SSSR count). The maximum Gasteiger partial charge on any atom is 0.327 e. The Labute approximate surface area is 131 Å². The van der Waals surface area contributed by atoms with Gasteiger partial charge in [0, 0.05) is 12.1 Å². The van der Waals surface area contributed by atoms with Gasteiger partial charge in [-0.3, -0.25) is 19.6 Å². The minimum absolute atomic E-state index is 0.0345. The second-order valence-electron chi connectivity index (χ2n) is 5.92. The summed E-state index contributed by atoms with van der Waals surface area (Å²) in [6.07, 6.45) is 1.91. The lowest BCUT2D eigenvalue weighted by molar-refractivity contribution is 0.0915. The van der Waals surface area contributed by atoms with Crippen LogP contribution >= 0.6 is 0 Å². The highest BCUT2D eigenvalue weighted by atomic mass is 16.2. The fourth-order valence-electron chi connectivity index (χ4n) is 2.95. The van der Waals surface area contributed by atoms with Crippen molar-refractivity contribution in [2.45, 2.75) is 38.8 Å². The minimum atomic E-state index is -0.642. The predicted molar refractivity (Wildman–Crippen MR) is 85.7 cm³/mol. The van der Waals surface area contributed by atoms with Gasteiger partial charge in [0.1, 0.15) is 11.3 Å². The molecule has 1 fully saturated rings. The van der Waals surface area contributed by atoms with Gasteiger partial charge >= 0.3 is 5.69 Å². The van der Waals surface area contributed by atoms with E-state index in [1.165, 1.54) is 0 Å². The van der Waals surface area contributed by atoms with Crippen molar-refractivity contribution >= 4 is 16.9 Å². The largest absolute Gasteiger partial charge is 0.346 e. The Morgan fingerprint density at radius 3 is 2.87 bits per heavy atom. The van der Waals surface area contributed by atoms with E-state index in [0.717, 1.165) is 19.4 Å². The Hall–Kier alpha value is -2.48. The maximum atomic E-state index is 12.4. The molecule has 23 heavy (non-hydrogen) atoms. The second-order valence-corrected chi connectivity index (χ2v) is 5.92. The highest BCUT2D eigenvalue weighted by Gasteiger charge is 2.23. The van der Waals surface area contributed by atoms with E-state index in [1.807, 2.05) is 6.92 Å². The minimum Gasteiger partial charge on any atom is -0.346 e. The summed E-state index contributed by atoms with van der Waals surface area (Å²) in [5.41, 5.74) is -0.247. The molecule has 0 saturated carbocycles. The molecule has 8 heteroatoms. The first kappa shape index (κ1) is 15.4. The van der Waals surface area contributed by atoms with E-state index < -0.39 is 11.2 Å². The number of carbonyl (C=O) groups excluding carboxylic acids is 1. The van der Waals surface area contributed by atoms with Crippen molar-refractivity contribution in [3.63, 3.8) is 0 Å². The van der Waals surface area contributed by atoms with Crippen LogP contribution < -0.4 is 21.9 Å². The Kier molecular flexibility index (Phi) is 3.99. The molecular weight excluding hydrogens is 298 g/mol. The van der Waals surface area contributed by atoms with E-state index in [-0.39, 0.29) is 34.7 Å². The summed E-state index contributed by atoms with van der Waals surface area (Å²) in [5.74, 6) is -0.309. The SMILES string of the molecule is Cc1cc(C(=O)NC2CCCNC2C)nc2[nH]c(=O)[nH]c(=O)c12. The molecule has 1 aliphatic rings. The van der Waals surface area contributed by atoms with E-state index in [2.05, 4.69) is 25.6 Å². The fourth-order valence-corrected chi connectivity index (χ4v) is 2.95. The number of carbonyl (C=O) groups is 1. The van der Waals surface area contributed by atoms with E-state index in [1.54, 1.807) is 13.0 Å². The number of hydrogen-bond acceptors (Lipinski definition) is 5. The molecule has 2 atom stereocenters. The zero-order valence-corrected chi connectivity index (χ0v) is 13.0. The number of rotatable bonds is 2. The van der Waals surface area contributed by atoms with Crippen LogP contribution in [-0.4, -0.2) is 39.5 Å². The summed E-state index contributed by atoms with van der Waals surface area (Å²) in [4.78, 5) is 44.4. The lowest BCUT2D eigenvalue weighted by Crippen LogP contribution is -2.52. The number of nitrogens with zero attached hydrogens (tertiary/aromatic N) is 1. The first-order valence-electron chi connectivity index (χ1n) is 7.64. The topological polar surface area (TPSA) is 120 Å². The van der Waals surface area contributed by atoms with Gasteiger partial charge in [-0.15, -0.1) is 0 Å². The molecule has 0 spiro atoms. The van der Waals surface area contributed by atoms with Crippen molar-refractivity contribution in [3.8, 4) is 0 Å². The van der Waals surface area contributed by atoms with Gasteiger partial charge in [-0.1, -0.05) is 0 Å². The van der Waals surface area contributed by atoms with E-state index >= 15 is 0 Å². The number of amides is 1. The summed E-state index contributed by atoms with van der Waals surface area (Å²) in [6, 6.07) is 1.79. The molecule has 8 nitrogen and oxygen atoms in total. The average Bonchev–Trinajstić information content (AvgIpc) is 2.48. The quantitative estimate of drug-likeness (QED) is 0.611. The first-order chi connectivity index (χ1) is 11.0. The summed E-state index contributed by atoms with van der Waals surface area (Å²) in [6.45, 7) is 4.68. The number of pyridine rings is 1. The number of H-pyrrole nitrogens is 2. The summed E-state index contributed by atoms with van der Waals surface area (Å²) >= 11 is 0. The normalized spacial score (nSPS) is 21.3. The number of nitrogens with one attached hydrogen (secondary N) is 4. The Morgan fingerprint density at radius 1 is 1.35 bits per heavy atom. The van der Waals surface area contributed by atoms with Crippen LogP contribution in [-0.2, 0) is 0 Å². The van der Waals surface area contributed by atoms with Gasteiger partial charge in [-0.25, -0.2) is 9.78 Å². The smallest absolute Gasteiger partial charge is 0.327 e. The monoisotopic (exact) mass is 317 g/mol. The highest BCUT2D eigenvalue weighted by Crippen LogP contribution is 2.13. The first-order valence-corrected chi connectivity index (χ1v) is 7.64. The zero-order chi connectivity index (χ0) is 16.6. The van der Waals surface area contributed by atoms with E-state index in [4.69, 9.17) is 0 Å². The number of aromatic amines is 2. The van der Waals surface area contributed by atoms with Crippen LogP contribution in [0.3, 0.4) is 0 Å². The molecule has 3 heterocycles. The molecule has 1 aliphatic heterocycles. The summed E-state index contributed by atoms with van der Waals surface area (Å²) in [5, 5.41) is 6.57. The van der Waals surface area contributed by atoms with Crippen molar-refractivity contribution in [1.82, 2.24) is 25.6 Å². The lowest BCUT2D eigenvalue weighted by atomic mass is 9.99. The van der Waals surface area contributed by atoms with Gasteiger partial charge in [0.2, 0.25) is 0 Å². The highest BCUT2D eigenvalue weighted by molar-refractivity contribution is 5.95. The second kappa shape index (κ2) is 5.96. The van der Waals surface area contributed by atoms with Crippen molar-refractivity contribution in [2.75, 3.05) is 6.54 Å². The van der Waals surface area contributed by atoms with Gasteiger partial charge in [0.05, 0.1) is 5.39 Å². The molecule has 0 bridgehead atoms. The third-order valence-electron chi connectivity index (χ3n) is 4.21.